The number of hydrogen-bond donors (Lipinski definition) is 2. The smallest absolute Gasteiger partial charge is 0.226 e. The van der Waals surface area contributed by atoms with E-state index in [-0.39, 0.29) is 0 Å². The molecule has 2 aromatic heterocycles. The molecule has 6 nitrogen and oxygen atoms in total. The van der Waals surface area contributed by atoms with Gasteiger partial charge in [0, 0.05) is 25.9 Å². The first-order chi connectivity index (χ1) is 8.76. The molecule has 0 fully saturated rings. The second kappa shape index (κ2) is 5.90. The Balaban J connectivity index is 2.36. The van der Waals surface area contributed by atoms with Gasteiger partial charge in [-0.1, -0.05) is 0 Å². The lowest BCUT2D eigenvalue weighted by Crippen LogP contribution is -2.22. The van der Waals surface area contributed by atoms with Crippen molar-refractivity contribution in [2.24, 2.45) is 0 Å². The highest BCUT2D eigenvalue weighted by Crippen LogP contribution is 2.21. The van der Waals surface area contributed by atoms with Crippen molar-refractivity contribution < 1.29 is 0 Å². The molecule has 0 aromatic carbocycles. The maximum Gasteiger partial charge on any atom is 0.226 e. The SMILES string of the molecule is CCNc1nc(N(C)CCSC)c2[nH]cnc2n1. The molecule has 0 amide bonds. The molecule has 2 rings (SSSR count). The normalized spacial score (nSPS) is 10.8. The Morgan fingerprint density at radius 1 is 1.44 bits per heavy atom. The van der Waals surface area contributed by atoms with E-state index in [0.717, 1.165) is 30.2 Å². The van der Waals surface area contributed by atoms with Gasteiger partial charge in [-0.3, -0.25) is 0 Å². The highest BCUT2D eigenvalue weighted by molar-refractivity contribution is 7.98. The van der Waals surface area contributed by atoms with E-state index in [1.807, 2.05) is 25.7 Å². The molecule has 0 spiro atoms. The van der Waals surface area contributed by atoms with Crippen molar-refractivity contribution in [1.29, 1.82) is 0 Å². The Bertz CT molecular complexity index is 511. The van der Waals surface area contributed by atoms with Gasteiger partial charge in [0.2, 0.25) is 5.95 Å². The molecule has 0 saturated carbocycles. The van der Waals surface area contributed by atoms with Crippen LogP contribution in [0.25, 0.3) is 11.2 Å². The molecule has 0 aliphatic carbocycles. The molecular formula is C11H18N6S. The summed E-state index contributed by atoms with van der Waals surface area (Å²) < 4.78 is 0. The molecule has 2 N–H and O–H groups in total. The van der Waals surface area contributed by atoms with E-state index in [1.165, 1.54) is 0 Å². The van der Waals surface area contributed by atoms with Crippen LogP contribution in [0.2, 0.25) is 0 Å². The number of imidazole rings is 1. The maximum absolute atomic E-state index is 4.54. The largest absolute Gasteiger partial charge is 0.357 e. The molecule has 0 atom stereocenters. The molecule has 0 bridgehead atoms. The lowest BCUT2D eigenvalue weighted by atomic mass is 10.4. The van der Waals surface area contributed by atoms with Gasteiger partial charge >= 0.3 is 0 Å². The second-order valence-electron chi connectivity index (χ2n) is 3.92. The number of H-pyrrole nitrogens is 1. The Morgan fingerprint density at radius 2 is 2.28 bits per heavy atom. The van der Waals surface area contributed by atoms with E-state index < -0.39 is 0 Å². The van der Waals surface area contributed by atoms with Gasteiger partial charge in [0.15, 0.2) is 11.5 Å². The highest BCUT2D eigenvalue weighted by atomic mass is 32.2. The van der Waals surface area contributed by atoms with Gasteiger partial charge in [-0.25, -0.2) is 4.98 Å². The van der Waals surface area contributed by atoms with Crippen molar-refractivity contribution in [1.82, 2.24) is 19.9 Å². The van der Waals surface area contributed by atoms with E-state index >= 15 is 0 Å². The van der Waals surface area contributed by atoms with Crippen molar-refractivity contribution in [2.75, 3.05) is 42.4 Å². The Kier molecular flexibility index (Phi) is 4.24. The van der Waals surface area contributed by atoms with Crippen LogP contribution in [0.4, 0.5) is 11.8 Å². The van der Waals surface area contributed by atoms with Gasteiger partial charge in [0.1, 0.15) is 5.52 Å². The molecule has 0 unspecified atom stereocenters. The van der Waals surface area contributed by atoms with Gasteiger partial charge < -0.3 is 15.2 Å². The molecule has 98 valence electrons. The van der Waals surface area contributed by atoms with Gasteiger partial charge in [0.25, 0.3) is 0 Å². The predicted molar refractivity (Wildman–Crippen MR) is 77.5 cm³/mol. The monoisotopic (exact) mass is 266 g/mol. The molecule has 0 aliphatic heterocycles. The molecule has 0 saturated heterocycles. The van der Waals surface area contributed by atoms with Gasteiger partial charge in [-0.2, -0.15) is 21.7 Å². The minimum atomic E-state index is 0.628. The van der Waals surface area contributed by atoms with E-state index in [0.29, 0.717) is 11.6 Å². The van der Waals surface area contributed by atoms with E-state index in [9.17, 15) is 0 Å². The fourth-order valence-corrected chi connectivity index (χ4v) is 2.12. The number of nitrogens with one attached hydrogen (secondary N) is 2. The van der Waals surface area contributed by atoms with Crippen molar-refractivity contribution in [3.63, 3.8) is 0 Å². The Morgan fingerprint density at radius 3 is 3.00 bits per heavy atom. The first kappa shape index (κ1) is 12.9. The van der Waals surface area contributed by atoms with Crippen LogP contribution < -0.4 is 10.2 Å². The van der Waals surface area contributed by atoms with Crippen LogP contribution in [-0.4, -0.2) is 52.1 Å². The van der Waals surface area contributed by atoms with E-state index in [2.05, 4.69) is 36.4 Å². The van der Waals surface area contributed by atoms with Gasteiger partial charge in [-0.05, 0) is 13.2 Å². The van der Waals surface area contributed by atoms with Crippen LogP contribution in [0.3, 0.4) is 0 Å². The van der Waals surface area contributed by atoms with Crippen molar-refractivity contribution in [3.8, 4) is 0 Å². The van der Waals surface area contributed by atoms with Gasteiger partial charge in [0.05, 0.1) is 6.33 Å². The minimum Gasteiger partial charge on any atom is -0.357 e. The molecule has 0 aliphatic rings. The summed E-state index contributed by atoms with van der Waals surface area (Å²) in [4.78, 5) is 18.3. The average molecular weight is 266 g/mol. The number of aromatic nitrogens is 4. The van der Waals surface area contributed by atoms with Crippen molar-refractivity contribution >= 4 is 34.7 Å². The summed E-state index contributed by atoms with van der Waals surface area (Å²) in [5.74, 6) is 2.58. The Hall–Kier alpha value is -1.50. The summed E-state index contributed by atoms with van der Waals surface area (Å²) in [5, 5.41) is 3.13. The summed E-state index contributed by atoms with van der Waals surface area (Å²) in [6.45, 7) is 3.76. The highest BCUT2D eigenvalue weighted by Gasteiger charge is 2.12. The number of nitrogens with zero attached hydrogens (tertiary/aromatic N) is 4. The molecule has 2 heterocycles. The number of thioether (sulfide) groups is 1. The first-order valence-electron chi connectivity index (χ1n) is 5.91. The number of aromatic amines is 1. The molecule has 18 heavy (non-hydrogen) atoms. The number of anilines is 2. The second-order valence-corrected chi connectivity index (χ2v) is 4.90. The van der Waals surface area contributed by atoms with E-state index in [1.54, 1.807) is 6.33 Å². The summed E-state index contributed by atoms with van der Waals surface area (Å²) in [6.07, 6.45) is 3.75. The van der Waals surface area contributed by atoms with Crippen LogP contribution in [0, 0.1) is 0 Å². The third-order valence-electron chi connectivity index (χ3n) is 2.59. The van der Waals surface area contributed by atoms with Crippen LogP contribution in [0.5, 0.6) is 0 Å². The molecule has 2 aromatic rings. The number of rotatable bonds is 6. The summed E-state index contributed by atoms with van der Waals surface area (Å²) in [5.41, 5.74) is 1.59. The minimum absolute atomic E-state index is 0.628. The fraction of sp³-hybridized carbons (Fsp3) is 0.545. The zero-order chi connectivity index (χ0) is 13.0. The number of fused-ring (bicyclic) bond motifs is 1. The van der Waals surface area contributed by atoms with Crippen molar-refractivity contribution in [3.05, 3.63) is 6.33 Å². The van der Waals surface area contributed by atoms with Crippen molar-refractivity contribution in [2.45, 2.75) is 6.92 Å². The Labute approximate surface area is 111 Å². The topological polar surface area (TPSA) is 69.7 Å². The lowest BCUT2D eigenvalue weighted by molar-refractivity contribution is 0.943. The quantitative estimate of drug-likeness (QED) is 0.827. The molecular weight excluding hydrogens is 248 g/mol. The summed E-state index contributed by atoms with van der Waals surface area (Å²) in [7, 11) is 2.04. The molecule has 7 heteroatoms. The zero-order valence-corrected chi connectivity index (χ0v) is 11.7. The van der Waals surface area contributed by atoms with Crippen LogP contribution in [-0.2, 0) is 0 Å². The standard InChI is InChI=1S/C11H18N6S/c1-4-12-11-15-9-8(13-7-14-9)10(16-11)17(2)5-6-18-3/h7H,4-6H2,1-3H3,(H2,12,13,14,15,16). The zero-order valence-electron chi connectivity index (χ0n) is 10.9. The fourth-order valence-electron chi connectivity index (χ4n) is 1.67. The lowest BCUT2D eigenvalue weighted by Gasteiger charge is -2.18. The van der Waals surface area contributed by atoms with Gasteiger partial charge in [-0.15, -0.1) is 0 Å². The maximum atomic E-state index is 4.54. The first-order valence-corrected chi connectivity index (χ1v) is 7.30. The van der Waals surface area contributed by atoms with E-state index in [4.69, 9.17) is 0 Å². The van der Waals surface area contributed by atoms with Crippen LogP contribution in [0.1, 0.15) is 6.92 Å². The predicted octanol–water partition coefficient (Wildman–Crippen LogP) is 1.58. The summed E-state index contributed by atoms with van der Waals surface area (Å²) in [6, 6.07) is 0. The number of hydrogen-bond acceptors (Lipinski definition) is 6. The van der Waals surface area contributed by atoms with Crippen LogP contribution >= 0.6 is 11.8 Å². The summed E-state index contributed by atoms with van der Waals surface area (Å²) >= 11 is 1.82. The van der Waals surface area contributed by atoms with Crippen LogP contribution in [0.15, 0.2) is 6.33 Å². The average Bonchev–Trinajstić information content (AvgIpc) is 2.83. The third kappa shape index (κ3) is 2.66. The molecule has 0 radical (unpaired) electrons. The third-order valence-corrected chi connectivity index (χ3v) is 3.18.